The molecule has 4 aromatic rings. The molecule has 0 radical (unpaired) electrons. The molecule has 2 aromatic heterocycles. The molecule has 0 fully saturated rings. The van der Waals surface area contributed by atoms with Crippen LogP contribution in [0.4, 0.5) is 15.6 Å². The number of nitrogens with zero attached hydrogens (tertiary/aromatic N) is 3. The van der Waals surface area contributed by atoms with Gasteiger partial charge in [-0.25, -0.2) is 14.8 Å². The molecule has 2 heterocycles. The van der Waals surface area contributed by atoms with E-state index in [9.17, 15) is 9.90 Å². The Kier molecular flexibility index (Phi) is 5.01. The number of aryl methyl sites for hydroxylation is 1. The van der Waals surface area contributed by atoms with Crippen molar-refractivity contribution in [1.29, 1.82) is 0 Å². The number of thiazole rings is 1. The van der Waals surface area contributed by atoms with Gasteiger partial charge in [0.25, 0.3) is 0 Å². The molecule has 0 saturated heterocycles. The summed E-state index contributed by atoms with van der Waals surface area (Å²) in [7, 11) is 0. The minimum atomic E-state index is -1.04. The summed E-state index contributed by atoms with van der Waals surface area (Å²) >= 11 is 1.28. The van der Waals surface area contributed by atoms with E-state index in [1.807, 2.05) is 43.3 Å². The van der Waals surface area contributed by atoms with Crippen LogP contribution < -0.4 is 15.4 Å². The van der Waals surface area contributed by atoms with Gasteiger partial charge in [-0.05, 0) is 30.2 Å². The average Bonchev–Trinajstić information content (AvgIpc) is 3.08. The molecule has 0 aliphatic carbocycles. The van der Waals surface area contributed by atoms with E-state index in [1.165, 1.54) is 16.2 Å². The molecule has 1 amide bonds. The van der Waals surface area contributed by atoms with Crippen LogP contribution in [0.1, 0.15) is 11.1 Å². The number of pyridine rings is 1. The maximum atomic E-state index is 11.9. The van der Waals surface area contributed by atoms with Crippen molar-refractivity contribution in [1.82, 2.24) is 9.97 Å². The highest BCUT2D eigenvalue weighted by Crippen LogP contribution is 2.31. The number of hydrogen-bond donors (Lipinski definition) is 2. The van der Waals surface area contributed by atoms with Gasteiger partial charge < -0.3 is 15.6 Å². The van der Waals surface area contributed by atoms with Crippen molar-refractivity contribution in [3.05, 3.63) is 71.8 Å². The zero-order chi connectivity index (χ0) is 20.4. The number of nitrogens with two attached hydrogens (primary N) is 1. The molecule has 0 saturated carbocycles. The van der Waals surface area contributed by atoms with Gasteiger partial charge in [0.2, 0.25) is 5.88 Å². The minimum absolute atomic E-state index is 0.239. The quantitative estimate of drug-likeness (QED) is 0.480. The fourth-order valence-corrected chi connectivity index (χ4v) is 3.58. The highest BCUT2D eigenvalue weighted by Gasteiger charge is 2.17. The van der Waals surface area contributed by atoms with E-state index in [1.54, 1.807) is 24.3 Å². The molecule has 0 unspecified atom stereocenters. The fourth-order valence-electron chi connectivity index (χ4n) is 2.89. The van der Waals surface area contributed by atoms with Crippen LogP contribution in [-0.2, 0) is 6.54 Å². The van der Waals surface area contributed by atoms with Gasteiger partial charge in [0.05, 0.1) is 12.2 Å². The normalized spacial score (nSPS) is 10.8. The molecule has 8 heteroatoms. The molecule has 29 heavy (non-hydrogen) atoms. The van der Waals surface area contributed by atoms with Crippen LogP contribution in [0.3, 0.4) is 0 Å². The van der Waals surface area contributed by atoms with Gasteiger partial charge in [-0.15, -0.1) is 0 Å². The summed E-state index contributed by atoms with van der Waals surface area (Å²) in [5.41, 5.74) is 8.72. The molecule has 4 rings (SSSR count). The lowest BCUT2D eigenvalue weighted by atomic mass is 10.1. The van der Waals surface area contributed by atoms with Crippen molar-refractivity contribution in [3.63, 3.8) is 0 Å². The molecule has 3 N–H and O–H groups in total. The molecule has 2 aromatic carbocycles. The Morgan fingerprint density at radius 2 is 1.93 bits per heavy atom. The zero-order valence-corrected chi connectivity index (χ0v) is 16.4. The Hall–Kier alpha value is -3.65. The molecule has 0 spiro atoms. The number of rotatable bonds is 5. The van der Waals surface area contributed by atoms with E-state index in [4.69, 9.17) is 10.5 Å². The number of hydrogen-bond acceptors (Lipinski definition) is 6. The molecule has 7 nitrogen and oxygen atoms in total. The summed E-state index contributed by atoms with van der Waals surface area (Å²) in [5.74, 6) is 0.928. The second-order valence-corrected chi connectivity index (χ2v) is 7.44. The Morgan fingerprint density at radius 3 is 2.69 bits per heavy atom. The van der Waals surface area contributed by atoms with E-state index in [2.05, 4.69) is 9.97 Å². The topological polar surface area (TPSA) is 102 Å². The molecular formula is C21H18N4O3S. The minimum Gasteiger partial charge on any atom is -0.465 e. The van der Waals surface area contributed by atoms with Crippen LogP contribution >= 0.6 is 11.3 Å². The van der Waals surface area contributed by atoms with Crippen LogP contribution in [0.25, 0.3) is 10.3 Å². The van der Waals surface area contributed by atoms with E-state index in [0.717, 1.165) is 11.1 Å². The number of carboxylic acid groups (broad SMARTS) is 1. The number of fused-ring (bicyclic) bond motifs is 1. The number of nitrogen functional groups attached to an aromatic ring is 1. The van der Waals surface area contributed by atoms with Crippen molar-refractivity contribution in [2.75, 3.05) is 10.6 Å². The van der Waals surface area contributed by atoms with E-state index in [-0.39, 0.29) is 6.54 Å². The van der Waals surface area contributed by atoms with Gasteiger partial charge >= 0.3 is 6.09 Å². The Labute approximate surface area is 171 Å². The Morgan fingerprint density at radius 1 is 1.14 bits per heavy atom. The van der Waals surface area contributed by atoms with E-state index in [0.29, 0.717) is 32.8 Å². The van der Waals surface area contributed by atoms with Crippen LogP contribution in [-0.4, -0.2) is 21.2 Å². The largest absolute Gasteiger partial charge is 0.465 e. The molecule has 146 valence electrons. The maximum absolute atomic E-state index is 11.9. The first kappa shape index (κ1) is 18.7. The highest BCUT2D eigenvalue weighted by molar-refractivity contribution is 7.21. The van der Waals surface area contributed by atoms with E-state index >= 15 is 0 Å². The van der Waals surface area contributed by atoms with Crippen LogP contribution in [0.2, 0.25) is 0 Å². The second-order valence-electron chi connectivity index (χ2n) is 6.43. The lowest BCUT2D eigenvalue weighted by Crippen LogP contribution is -2.28. The first-order valence-electron chi connectivity index (χ1n) is 8.85. The second kappa shape index (κ2) is 7.76. The van der Waals surface area contributed by atoms with Gasteiger partial charge in [-0.2, -0.15) is 0 Å². The molecule has 0 bridgehead atoms. The summed E-state index contributed by atoms with van der Waals surface area (Å²) in [6.07, 6.45) is -1.04. The Balaban J connectivity index is 1.63. The van der Waals surface area contributed by atoms with Gasteiger partial charge in [0.1, 0.15) is 16.1 Å². The van der Waals surface area contributed by atoms with Gasteiger partial charge in [0.15, 0.2) is 5.13 Å². The van der Waals surface area contributed by atoms with Crippen molar-refractivity contribution in [2.45, 2.75) is 13.5 Å². The van der Waals surface area contributed by atoms with Crippen molar-refractivity contribution in [2.24, 2.45) is 0 Å². The highest BCUT2D eigenvalue weighted by atomic mass is 32.1. The smallest absolute Gasteiger partial charge is 0.412 e. The number of aromatic nitrogens is 2. The molecule has 0 atom stereocenters. The van der Waals surface area contributed by atoms with Crippen LogP contribution in [0, 0.1) is 6.92 Å². The number of carbonyl (C=O) groups is 1. The summed E-state index contributed by atoms with van der Waals surface area (Å²) in [4.78, 5) is 22.4. The van der Waals surface area contributed by atoms with Gasteiger partial charge in [-0.1, -0.05) is 47.7 Å². The number of anilines is 2. The van der Waals surface area contributed by atoms with Gasteiger partial charge in [0, 0.05) is 12.1 Å². The predicted molar refractivity (Wildman–Crippen MR) is 114 cm³/mol. The number of ether oxygens (including phenoxy) is 1. The molecule has 0 aliphatic heterocycles. The summed E-state index contributed by atoms with van der Waals surface area (Å²) in [5, 5.41) is 10.2. The standard InChI is InChI=1S/C21H18N4O3S/c1-13-7-8-15(25(21(26)27)12-14-5-3-2-4-6-14)11-17(13)28-18-10-9-16-19(24-18)29-20(22)23-16/h2-11H,12H2,1H3,(H2,22,23)(H,26,27). The SMILES string of the molecule is Cc1ccc(N(Cc2ccccc2)C(=O)O)cc1Oc1ccc2nc(N)sc2n1. The summed E-state index contributed by atoms with van der Waals surface area (Å²) in [6.45, 7) is 2.13. The first-order chi connectivity index (χ1) is 14.0. The molecular weight excluding hydrogens is 388 g/mol. The third kappa shape index (κ3) is 4.12. The fraction of sp³-hybridized carbons (Fsp3) is 0.0952. The summed E-state index contributed by atoms with van der Waals surface area (Å²) in [6, 6.07) is 18.2. The number of amides is 1. The Bertz CT molecular complexity index is 1180. The zero-order valence-electron chi connectivity index (χ0n) is 15.6. The van der Waals surface area contributed by atoms with Crippen molar-refractivity contribution < 1.29 is 14.6 Å². The van der Waals surface area contributed by atoms with Crippen LogP contribution in [0.15, 0.2) is 60.7 Å². The average molecular weight is 406 g/mol. The third-order valence-corrected chi connectivity index (χ3v) is 5.15. The monoisotopic (exact) mass is 406 g/mol. The van der Waals surface area contributed by atoms with Crippen molar-refractivity contribution in [3.8, 4) is 11.6 Å². The maximum Gasteiger partial charge on any atom is 0.412 e. The van der Waals surface area contributed by atoms with Gasteiger partial charge in [-0.3, -0.25) is 4.90 Å². The van der Waals surface area contributed by atoms with Crippen LogP contribution in [0.5, 0.6) is 11.6 Å². The lowest BCUT2D eigenvalue weighted by Gasteiger charge is -2.21. The summed E-state index contributed by atoms with van der Waals surface area (Å²) < 4.78 is 5.95. The first-order valence-corrected chi connectivity index (χ1v) is 9.67. The lowest BCUT2D eigenvalue weighted by molar-refractivity contribution is 0.201. The predicted octanol–water partition coefficient (Wildman–Crippen LogP) is 5.06. The van der Waals surface area contributed by atoms with E-state index < -0.39 is 6.09 Å². The third-order valence-electron chi connectivity index (χ3n) is 4.36. The number of benzene rings is 2. The molecule has 0 aliphatic rings. The van der Waals surface area contributed by atoms with Crippen molar-refractivity contribution >= 4 is 38.6 Å².